The molecule has 0 amide bonds. The Balaban J connectivity index is 1.77. The summed E-state index contributed by atoms with van der Waals surface area (Å²) in [6.07, 6.45) is 5.23. The Morgan fingerprint density at radius 3 is 2.66 bits per heavy atom. The maximum absolute atomic E-state index is 9.89. The number of pyridine rings is 1. The van der Waals surface area contributed by atoms with Crippen molar-refractivity contribution in [3.63, 3.8) is 0 Å². The predicted octanol–water partition coefficient (Wildman–Crippen LogP) is 5.89. The number of methoxy groups -OCH3 is 1. The average Bonchev–Trinajstić information content (AvgIpc) is 3.02. The van der Waals surface area contributed by atoms with Crippen molar-refractivity contribution in [1.82, 2.24) is 0 Å². The smallest absolute Gasteiger partial charge is 0.289 e. The van der Waals surface area contributed by atoms with Gasteiger partial charge in [0, 0.05) is 27.6 Å². The molecule has 3 aromatic rings. The maximum atomic E-state index is 9.89. The number of aromatic nitrogens is 1. The molecular weight excluding hydrogens is 490 g/mol. The lowest BCUT2D eigenvalue weighted by atomic mass is 9.91. The molecular formula is C25H24BrClN3O2+. The fraction of sp³-hybridized carbons (Fsp3) is 0.280. The van der Waals surface area contributed by atoms with Gasteiger partial charge in [-0.1, -0.05) is 40.0 Å². The highest BCUT2D eigenvalue weighted by molar-refractivity contribution is 9.10. The Morgan fingerprint density at radius 1 is 1.12 bits per heavy atom. The Hall–Kier alpha value is -2.75. The molecule has 5 nitrogen and oxygen atoms in total. The number of nitriles is 1. The van der Waals surface area contributed by atoms with E-state index in [9.17, 15) is 5.26 Å². The first-order valence-electron chi connectivity index (χ1n) is 10.5. The van der Waals surface area contributed by atoms with Crippen LogP contribution in [0, 0.1) is 11.3 Å². The zero-order valence-electron chi connectivity index (χ0n) is 17.8. The number of benzene rings is 2. The number of fused-ring (bicyclic) bond motifs is 1. The van der Waals surface area contributed by atoms with Crippen LogP contribution in [0.4, 0.5) is 5.82 Å². The van der Waals surface area contributed by atoms with Crippen molar-refractivity contribution in [1.29, 1.82) is 5.26 Å². The number of nitrogens with one attached hydrogen (secondary N) is 1. The summed E-state index contributed by atoms with van der Waals surface area (Å²) in [6.45, 7) is 0.275. The fourth-order valence-electron chi connectivity index (χ4n) is 4.24. The number of nitrogen functional groups attached to an aromatic ring is 1. The minimum Gasteiger partial charge on any atom is -0.496 e. The molecule has 1 aliphatic carbocycles. The standard InChI is InChI=1S/C25H23BrClN3O2/c1-31-22-9-7-15(11-16(22)14-32-23-10-8-17(26)12-20(23)27)24-18-5-3-2-4-6-21(18)30-25(29)19(24)13-28/h7-12H,2-6,14H2,1H3,(H2,29,30)/p+1. The molecule has 4 rings (SSSR count). The lowest BCUT2D eigenvalue weighted by Crippen LogP contribution is -2.22. The van der Waals surface area contributed by atoms with Gasteiger partial charge < -0.3 is 9.47 Å². The second-order valence-electron chi connectivity index (χ2n) is 7.81. The Labute approximate surface area is 201 Å². The number of aryl methyl sites for hydroxylation is 1. The number of anilines is 1. The molecule has 32 heavy (non-hydrogen) atoms. The molecule has 0 saturated carbocycles. The largest absolute Gasteiger partial charge is 0.496 e. The van der Waals surface area contributed by atoms with Crippen molar-refractivity contribution < 1.29 is 14.5 Å². The van der Waals surface area contributed by atoms with Crippen molar-refractivity contribution in [2.24, 2.45) is 0 Å². The number of nitrogens with two attached hydrogens (primary N) is 1. The number of halogens is 2. The van der Waals surface area contributed by atoms with Gasteiger partial charge in [-0.25, -0.2) is 4.98 Å². The van der Waals surface area contributed by atoms with Gasteiger partial charge >= 0.3 is 0 Å². The normalized spacial score (nSPS) is 13.1. The predicted molar refractivity (Wildman–Crippen MR) is 129 cm³/mol. The Morgan fingerprint density at radius 2 is 1.91 bits per heavy atom. The summed E-state index contributed by atoms with van der Waals surface area (Å²) in [6, 6.07) is 13.7. The van der Waals surface area contributed by atoms with Gasteiger partial charge in [-0.05, 0) is 55.2 Å². The third-order valence-electron chi connectivity index (χ3n) is 5.78. The van der Waals surface area contributed by atoms with Crippen molar-refractivity contribution in [2.45, 2.75) is 38.7 Å². The number of hydrogen-bond donors (Lipinski definition) is 1. The first kappa shape index (κ1) is 22.4. The molecule has 164 valence electrons. The van der Waals surface area contributed by atoms with Gasteiger partial charge in [0.05, 0.1) is 12.1 Å². The van der Waals surface area contributed by atoms with Crippen LogP contribution < -0.4 is 20.2 Å². The SMILES string of the molecule is COc1ccc(-c2c(C#N)c(N)[nH+]c3c2CCCCC3)cc1COc1ccc(Br)cc1Cl. The number of ether oxygens (including phenoxy) is 2. The summed E-state index contributed by atoms with van der Waals surface area (Å²) >= 11 is 9.72. The van der Waals surface area contributed by atoms with Crippen LogP contribution in [0.3, 0.4) is 0 Å². The summed E-state index contributed by atoms with van der Waals surface area (Å²) in [4.78, 5) is 3.28. The summed E-state index contributed by atoms with van der Waals surface area (Å²) in [5.41, 5.74) is 11.8. The Kier molecular flexibility index (Phi) is 6.88. The van der Waals surface area contributed by atoms with E-state index in [2.05, 4.69) is 27.0 Å². The molecule has 7 heteroatoms. The number of aromatic amines is 1. The van der Waals surface area contributed by atoms with E-state index in [1.807, 2.05) is 30.3 Å². The van der Waals surface area contributed by atoms with E-state index in [0.717, 1.165) is 52.5 Å². The molecule has 0 aliphatic heterocycles. The molecule has 0 fully saturated rings. The number of H-pyrrole nitrogens is 1. The third-order valence-corrected chi connectivity index (χ3v) is 6.57. The Bertz CT molecular complexity index is 1210. The van der Waals surface area contributed by atoms with E-state index in [1.54, 1.807) is 13.2 Å². The minimum atomic E-state index is 0.275. The van der Waals surface area contributed by atoms with Crippen LogP contribution in [0.15, 0.2) is 40.9 Å². The van der Waals surface area contributed by atoms with Crippen LogP contribution in [0.5, 0.6) is 11.5 Å². The second kappa shape index (κ2) is 9.81. The number of hydrogen-bond acceptors (Lipinski definition) is 4. The van der Waals surface area contributed by atoms with Crippen LogP contribution >= 0.6 is 27.5 Å². The second-order valence-corrected chi connectivity index (χ2v) is 9.13. The van der Waals surface area contributed by atoms with Crippen LogP contribution in [-0.2, 0) is 19.4 Å². The highest BCUT2D eigenvalue weighted by atomic mass is 79.9. The molecule has 2 aromatic carbocycles. The monoisotopic (exact) mass is 512 g/mol. The van der Waals surface area contributed by atoms with Gasteiger partial charge in [-0.2, -0.15) is 5.26 Å². The lowest BCUT2D eigenvalue weighted by Gasteiger charge is -2.16. The fourth-order valence-corrected chi connectivity index (χ4v) is 4.96. The number of rotatable bonds is 5. The van der Waals surface area contributed by atoms with Crippen LogP contribution in [0.1, 0.15) is 41.6 Å². The molecule has 0 unspecified atom stereocenters. The topological polar surface area (TPSA) is 82.4 Å². The van der Waals surface area contributed by atoms with Gasteiger partial charge in [0.2, 0.25) is 0 Å². The zero-order chi connectivity index (χ0) is 22.7. The number of nitrogens with zero attached hydrogens (tertiary/aromatic N) is 1. The van der Waals surface area contributed by atoms with Crippen molar-refractivity contribution in [2.75, 3.05) is 12.8 Å². The molecule has 0 atom stereocenters. The molecule has 0 spiro atoms. The van der Waals surface area contributed by atoms with E-state index in [1.165, 1.54) is 12.0 Å². The first-order valence-corrected chi connectivity index (χ1v) is 11.7. The molecule has 1 aliphatic rings. The summed E-state index contributed by atoms with van der Waals surface area (Å²) in [5, 5.41) is 10.4. The minimum absolute atomic E-state index is 0.275. The molecule has 1 heterocycles. The molecule has 0 bridgehead atoms. The van der Waals surface area contributed by atoms with Crippen LogP contribution in [0.25, 0.3) is 11.1 Å². The lowest BCUT2D eigenvalue weighted by molar-refractivity contribution is -0.373. The van der Waals surface area contributed by atoms with Crippen LogP contribution in [0.2, 0.25) is 5.02 Å². The summed E-state index contributed by atoms with van der Waals surface area (Å²) in [7, 11) is 1.63. The molecule has 0 radical (unpaired) electrons. The van der Waals surface area contributed by atoms with Gasteiger partial charge in [0.15, 0.2) is 0 Å². The molecule has 1 aromatic heterocycles. The van der Waals surface area contributed by atoms with Crippen molar-refractivity contribution in [3.05, 3.63) is 68.3 Å². The molecule has 0 saturated heterocycles. The van der Waals surface area contributed by atoms with E-state index >= 15 is 0 Å². The quantitative estimate of drug-likeness (QED) is 0.431. The van der Waals surface area contributed by atoms with Gasteiger partial charge in [-0.15, -0.1) is 0 Å². The summed E-state index contributed by atoms with van der Waals surface area (Å²) in [5.74, 6) is 1.72. The average molecular weight is 514 g/mol. The van der Waals surface area contributed by atoms with Gasteiger partial charge in [0.25, 0.3) is 5.82 Å². The van der Waals surface area contributed by atoms with E-state index in [-0.39, 0.29) is 6.61 Å². The highest BCUT2D eigenvalue weighted by Crippen LogP contribution is 2.36. The highest BCUT2D eigenvalue weighted by Gasteiger charge is 2.24. The molecule has 3 N–H and O–H groups in total. The van der Waals surface area contributed by atoms with Gasteiger partial charge in [0.1, 0.15) is 35.4 Å². The van der Waals surface area contributed by atoms with Crippen molar-refractivity contribution in [3.8, 4) is 28.7 Å². The van der Waals surface area contributed by atoms with E-state index in [0.29, 0.717) is 27.9 Å². The third kappa shape index (κ3) is 4.55. The van der Waals surface area contributed by atoms with Crippen molar-refractivity contribution >= 4 is 33.3 Å². The van der Waals surface area contributed by atoms with Crippen LogP contribution in [-0.4, -0.2) is 7.11 Å². The van der Waals surface area contributed by atoms with E-state index < -0.39 is 0 Å². The first-order chi connectivity index (χ1) is 15.5. The summed E-state index contributed by atoms with van der Waals surface area (Å²) < 4.78 is 12.5. The maximum Gasteiger partial charge on any atom is 0.289 e. The van der Waals surface area contributed by atoms with Gasteiger partial charge in [-0.3, -0.25) is 5.73 Å². The zero-order valence-corrected chi connectivity index (χ0v) is 20.1. The van der Waals surface area contributed by atoms with E-state index in [4.69, 9.17) is 26.8 Å².